The molecule has 9 heteroatoms. The number of carbonyl (C=O) groups excluding carboxylic acids is 2. The molecule has 3 aromatic rings. The Labute approximate surface area is 203 Å². The van der Waals surface area contributed by atoms with Crippen LogP contribution in [0.1, 0.15) is 20.8 Å². The highest BCUT2D eigenvalue weighted by atomic mass is 35.5. The number of benzene rings is 2. The molecule has 0 aliphatic rings. The zero-order valence-corrected chi connectivity index (χ0v) is 19.9. The van der Waals surface area contributed by atoms with Gasteiger partial charge in [0.05, 0.1) is 22.1 Å². The van der Waals surface area contributed by atoms with Crippen LogP contribution in [0.15, 0.2) is 73.4 Å². The van der Waals surface area contributed by atoms with Crippen LogP contribution in [0, 0.1) is 0 Å². The molecule has 8 nitrogen and oxygen atoms in total. The van der Waals surface area contributed by atoms with Crippen molar-refractivity contribution in [3.05, 3.63) is 78.5 Å². The lowest BCUT2D eigenvalue weighted by molar-refractivity contribution is -0.111. The van der Waals surface area contributed by atoms with E-state index < -0.39 is 0 Å². The molecule has 0 atom stereocenters. The molecule has 176 valence electrons. The Hall–Kier alpha value is -4.04. The largest absolute Gasteiger partial charge is 0.457 e. The topological polar surface area (TPSA) is 104 Å². The van der Waals surface area contributed by atoms with E-state index in [1.54, 1.807) is 42.6 Å². The summed E-state index contributed by atoms with van der Waals surface area (Å²) in [5.41, 5.74) is 1.34. The summed E-state index contributed by atoms with van der Waals surface area (Å²) < 4.78 is 5.91. The van der Waals surface area contributed by atoms with Gasteiger partial charge in [0.1, 0.15) is 17.3 Å². The summed E-state index contributed by atoms with van der Waals surface area (Å²) in [5.74, 6) is 1.21. The third kappa shape index (κ3) is 7.25. The average Bonchev–Trinajstić information content (AvgIpc) is 2.76. The van der Waals surface area contributed by atoms with Crippen LogP contribution < -0.4 is 26.0 Å². The van der Waals surface area contributed by atoms with E-state index in [-0.39, 0.29) is 17.5 Å². The minimum absolute atomic E-state index is 0.315. The standard InChI is InChI=1S/C25H26ClN5O3/c1-5-23(32)29-21-9-7-6-8-20(21)28-22-15-17(12-13-27-22)34-16-10-11-19(18(26)14-16)30-24(33)31-25(2,3)4/h5-15H,1H2,2-4H3,(H,27,28)(H,29,32)(H2,30,31,33). The summed E-state index contributed by atoms with van der Waals surface area (Å²) in [6.07, 6.45) is 2.80. The molecule has 0 saturated heterocycles. The lowest BCUT2D eigenvalue weighted by atomic mass is 10.1. The molecule has 0 fully saturated rings. The quantitative estimate of drug-likeness (QED) is 0.297. The lowest BCUT2D eigenvalue weighted by Gasteiger charge is -2.21. The van der Waals surface area contributed by atoms with Crippen LogP contribution in [0.5, 0.6) is 11.5 Å². The number of ether oxygens (including phenoxy) is 1. The van der Waals surface area contributed by atoms with E-state index in [2.05, 4.69) is 32.8 Å². The monoisotopic (exact) mass is 479 g/mol. The zero-order valence-electron chi connectivity index (χ0n) is 19.1. The molecule has 4 N–H and O–H groups in total. The zero-order chi connectivity index (χ0) is 24.7. The maximum atomic E-state index is 12.1. The number of halogens is 1. The van der Waals surface area contributed by atoms with E-state index in [1.807, 2.05) is 39.0 Å². The summed E-state index contributed by atoms with van der Waals surface area (Å²) >= 11 is 6.33. The molecule has 0 radical (unpaired) electrons. The van der Waals surface area contributed by atoms with E-state index in [0.29, 0.717) is 39.4 Å². The third-order valence-electron chi connectivity index (χ3n) is 4.28. The molecule has 2 aromatic carbocycles. The van der Waals surface area contributed by atoms with Crippen molar-refractivity contribution in [2.24, 2.45) is 0 Å². The molecule has 0 aliphatic carbocycles. The second-order valence-corrected chi connectivity index (χ2v) is 8.72. The Morgan fingerprint density at radius 3 is 2.35 bits per heavy atom. The Morgan fingerprint density at radius 2 is 1.68 bits per heavy atom. The fraction of sp³-hybridized carbons (Fsp3) is 0.160. The second-order valence-electron chi connectivity index (χ2n) is 8.31. The van der Waals surface area contributed by atoms with Crippen LogP contribution in [-0.2, 0) is 4.79 Å². The van der Waals surface area contributed by atoms with Crippen LogP contribution in [0.2, 0.25) is 5.02 Å². The molecule has 0 unspecified atom stereocenters. The first-order chi connectivity index (χ1) is 16.1. The first-order valence-corrected chi connectivity index (χ1v) is 10.8. The fourth-order valence-electron chi connectivity index (χ4n) is 2.86. The van der Waals surface area contributed by atoms with E-state index in [0.717, 1.165) is 0 Å². The van der Waals surface area contributed by atoms with Crippen molar-refractivity contribution < 1.29 is 14.3 Å². The number of hydrogen-bond acceptors (Lipinski definition) is 5. The van der Waals surface area contributed by atoms with Gasteiger partial charge in [-0.2, -0.15) is 0 Å². The molecule has 0 saturated carbocycles. The number of pyridine rings is 1. The van der Waals surface area contributed by atoms with E-state index >= 15 is 0 Å². The minimum atomic E-state index is -0.371. The number of carbonyl (C=O) groups is 2. The summed E-state index contributed by atoms with van der Waals surface area (Å²) in [6.45, 7) is 9.13. The minimum Gasteiger partial charge on any atom is -0.457 e. The molecule has 0 spiro atoms. The number of aromatic nitrogens is 1. The second kappa shape index (κ2) is 10.7. The lowest BCUT2D eigenvalue weighted by Crippen LogP contribution is -2.43. The molecule has 1 aromatic heterocycles. The van der Waals surface area contributed by atoms with E-state index in [9.17, 15) is 9.59 Å². The summed E-state index contributed by atoms with van der Waals surface area (Å²) in [7, 11) is 0. The molecule has 34 heavy (non-hydrogen) atoms. The molecular formula is C25H26ClN5O3. The van der Waals surface area contributed by atoms with E-state index in [1.165, 1.54) is 6.08 Å². The number of urea groups is 1. The average molecular weight is 480 g/mol. The van der Waals surface area contributed by atoms with E-state index in [4.69, 9.17) is 16.3 Å². The van der Waals surface area contributed by atoms with Crippen molar-refractivity contribution in [3.63, 3.8) is 0 Å². The number of anilines is 4. The van der Waals surface area contributed by atoms with Crippen LogP contribution >= 0.6 is 11.6 Å². The Bertz CT molecular complexity index is 1210. The Kier molecular flexibility index (Phi) is 7.75. The molecule has 1 heterocycles. The summed E-state index contributed by atoms with van der Waals surface area (Å²) in [5, 5.41) is 11.8. The van der Waals surface area contributed by atoms with Gasteiger partial charge in [0, 0.05) is 23.9 Å². The number of amides is 3. The predicted molar refractivity (Wildman–Crippen MR) is 136 cm³/mol. The number of rotatable bonds is 7. The van der Waals surface area contributed by atoms with Gasteiger partial charge in [-0.1, -0.05) is 30.3 Å². The van der Waals surface area contributed by atoms with Gasteiger partial charge in [0.15, 0.2) is 0 Å². The van der Waals surface area contributed by atoms with Gasteiger partial charge in [-0.3, -0.25) is 4.79 Å². The number of para-hydroxylation sites is 2. The first kappa shape index (κ1) is 24.6. The van der Waals surface area contributed by atoms with Crippen LogP contribution in [-0.4, -0.2) is 22.5 Å². The highest BCUT2D eigenvalue weighted by molar-refractivity contribution is 6.33. The highest BCUT2D eigenvalue weighted by Gasteiger charge is 2.15. The van der Waals surface area contributed by atoms with Crippen molar-refractivity contribution in [1.82, 2.24) is 10.3 Å². The Morgan fingerprint density at radius 1 is 0.971 bits per heavy atom. The van der Waals surface area contributed by atoms with Crippen LogP contribution in [0.4, 0.5) is 27.7 Å². The van der Waals surface area contributed by atoms with Gasteiger partial charge in [-0.15, -0.1) is 0 Å². The van der Waals surface area contributed by atoms with Crippen LogP contribution in [0.3, 0.4) is 0 Å². The fourth-order valence-corrected chi connectivity index (χ4v) is 3.07. The van der Waals surface area contributed by atoms with Gasteiger partial charge >= 0.3 is 6.03 Å². The summed E-state index contributed by atoms with van der Waals surface area (Å²) in [4.78, 5) is 28.1. The van der Waals surface area contributed by atoms with Crippen molar-refractivity contribution >= 4 is 46.4 Å². The van der Waals surface area contributed by atoms with Crippen LogP contribution in [0.25, 0.3) is 0 Å². The maximum Gasteiger partial charge on any atom is 0.319 e. The maximum absolute atomic E-state index is 12.1. The molecule has 0 aliphatic heterocycles. The predicted octanol–water partition coefficient (Wildman–Crippen LogP) is 6.32. The normalized spacial score (nSPS) is 10.7. The van der Waals surface area contributed by atoms with Gasteiger partial charge in [-0.05, 0) is 57.2 Å². The first-order valence-electron chi connectivity index (χ1n) is 10.4. The number of hydrogen-bond donors (Lipinski definition) is 4. The molecule has 3 rings (SSSR count). The highest BCUT2D eigenvalue weighted by Crippen LogP contribution is 2.31. The van der Waals surface area contributed by atoms with Gasteiger partial charge in [0.2, 0.25) is 5.91 Å². The van der Waals surface area contributed by atoms with Crippen molar-refractivity contribution in [2.75, 3.05) is 16.0 Å². The van der Waals surface area contributed by atoms with Gasteiger partial charge in [0.25, 0.3) is 0 Å². The smallest absolute Gasteiger partial charge is 0.319 e. The summed E-state index contributed by atoms with van der Waals surface area (Å²) in [6, 6.07) is 15.3. The molecular weight excluding hydrogens is 454 g/mol. The molecule has 3 amide bonds. The molecule has 0 bridgehead atoms. The van der Waals surface area contributed by atoms with Crippen molar-refractivity contribution in [2.45, 2.75) is 26.3 Å². The SMILES string of the molecule is C=CC(=O)Nc1ccccc1Nc1cc(Oc2ccc(NC(=O)NC(C)(C)C)c(Cl)c2)ccn1. The van der Waals surface area contributed by atoms with Gasteiger partial charge in [-0.25, -0.2) is 9.78 Å². The third-order valence-corrected chi connectivity index (χ3v) is 4.59. The Balaban J connectivity index is 1.70. The van der Waals surface area contributed by atoms with Gasteiger partial charge < -0.3 is 26.0 Å². The van der Waals surface area contributed by atoms with Crippen molar-refractivity contribution in [3.8, 4) is 11.5 Å². The number of nitrogens with zero attached hydrogens (tertiary/aromatic N) is 1. The number of nitrogens with one attached hydrogen (secondary N) is 4. The van der Waals surface area contributed by atoms with Crippen molar-refractivity contribution in [1.29, 1.82) is 0 Å².